The molecule has 0 unspecified atom stereocenters. The molecule has 0 radical (unpaired) electrons. The van der Waals surface area contributed by atoms with Gasteiger partial charge < -0.3 is 10.6 Å². The lowest BCUT2D eigenvalue weighted by molar-refractivity contribution is 0.0696. The summed E-state index contributed by atoms with van der Waals surface area (Å²) in [5.74, 6) is 0.561. The average molecular weight is 268 g/mol. The molecule has 1 amide bonds. The number of halogens is 1. The summed E-state index contributed by atoms with van der Waals surface area (Å²) < 4.78 is 0. The molecule has 0 bridgehead atoms. The fraction of sp³-hybridized carbons (Fsp3) is 0.538. The minimum atomic E-state index is -0.0818. The first kappa shape index (κ1) is 13.1. The van der Waals surface area contributed by atoms with Crippen LogP contribution in [0.1, 0.15) is 37.0 Å². The quantitative estimate of drug-likeness (QED) is 0.853. The van der Waals surface area contributed by atoms with Crippen molar-refractivity contribution in [3.8, 4) is 0 Å². The summed E-state index contributed by atoms with van der Waals surface area (Å²) in [5, 5.41) is 0.218. The van der Waals surface area contributed by atoms with Gasteiger partial charge in [0.2, 0.25) is 0 Å². The molecule has 0 atom stereocenters. The van der Waals surface area contributed by atoms with Crippen LogP contribution >= 0.6 is 11.6 Å². The van der Waals surface area contributed by atoms with Crippen LogP contribution in [0.15, 0.2) is 12.3 Å². The zero-order chi connectivity index (χ0) is 13.3. The maximum atomic E-state index is 12.5. The number of pyridine rings is 1. The molecule has 1 fully saturated rings. The molecule has 0 aromatic carbocycles. The minimum Gasteiger partial charge on any atom is -0.397 e. The average Bonchev–Trinajstić information content (AvgIpc) is 3.12. The van der Waals surface area contributed by atoms with Gasteiger partial charge >= 0.3 is 0 Å². The number of nitrogen functional groups attached to an aromatic ring is 1. The second-order valence-electron chi connectivity index (χ2n) is 5.10. The highest BCUT2D eigenvalue weighted by Crippen LogP contribution is 2.31. The fourth-order valence-electron chi connectivity index (χ4n) is 1.88. The molecule has 1 saturated carbocycles. The van der Waals surface area contributed by atoms with E-state index in [9.17, 15) is 4.79 Å². The van der Waals surface area contributed by atoms with Crippen molar-refractivity contribution in [1.82, 2.24) is 9.88 Å². The van der Waals surface area contributed by atoms with E-state index < -0.39 is 0 Å². The van der Waals surface area contributed by atoms with Crippen molar-refractivity contribution in [2.24, 2.45) is 5.92 Å². The fourth-order valence-corrected chi connectivity index (χ4v) is 2.06. The van der Waals surface area contributed by atoms with Crippen LogP contribution in [-0.4, -0.2) is 28.4 Å². The number of anilines is 1. The highest BCUT2D eigenvalue weighted by molar-refractivity contribution is 6.32. The Kier molecular flexibility index (Phi) is 3.76. The molecular formula is C13H18ClN3O. The zero-order valence-electron chi connectivity index (χ0n) is 10.7. The zero-order valence-corrected chi connectivity index (χ0v) is 11.4. The van der Waals surface area contributed by atoms with Crippen molar-refractivity contribution in [3.63, 3.8) is 0 Å². The third-order valence-corrected chi connectivity index (χ3v) is 3.43. The lowest BCUT2D eigenvalue weighted by atomic mass is 10.2. The smallest absolute Gasteiger partial charge is 0.257 e. The van der Waals surface area contributed by atoms with E-state index in [0.717, 1.165) is 6.54 Å². The van der Waals surface area contributed by atoms with Gasteiger partial charge in [-0.2, -0.15) is 0 Å². The Labute approximate surface area is 112 Å². The summed E-state index contributed by atoms with van der Waals surface area (Å²) in [6, 6.07) is 1.75. The van der Waals surface area contributed by atoms with Crippen molar-refractivity contribution >= 4 is 23.2 Å². The van der Waals surface area contributed by atoms with Crippen LogP contribution in [0, 0.1) is 5.92 Å². The molecule has 4 nitrogen and oxygen atoms in total. The topological polar surface area (TPSA) is 59.2 Å². The van der Waals surface area contributed by atoms with Crippen molar-refractivity contribution in [2.75, 3.05) is 12.3 Å². The molecule has 1 heterocycles. The molecule has 1 aromatic heterocycles. The van der Waals surface area contributed by atoms with Gasteiger partial charge in [-0.25, -0.2) is 4.98 Å². The van der Waals surface area contributed by atoms with Gasteiger partial charge in [-0.15, -0.1) is 0 Å². The molecule has 0 saturated heterocycles. The Morgan fingerprint density at radius 2 is 2.28 bits per heavy atom. The molecule has 2 rings (SSSR count). The maximum Gasteiger partial charge on any atom is 0.257 e. The molecule has 1 aliphatic rings. The first-order valence-electron chi connectivity index (χ1n) is 6.21. The predicted octanol–water partition coefficient (Wildman–Crippen LogP) is 2.58. The van der Waals surface area contributed by atoms with Crippen LogP contribution in [0.25, 0.3) is 0 Å². The van der Waals surface area contributed by atoms with Crippen molar-refractivity contribution < 1.29 is 4.79 Å². The molecule has 0 aliphatic heterocycles. The minimum absolute atomic E-state index is 0.0818. The van der Waals surface area contributed by atoms with E-state index in [4.69, 9.17) is 17.3 Å². The first-order chi connectivity index (χ1) is 8.49. The number of aromatic nitrogens is 1. The van der Waals surface area contributed by atoms with Gasteiger partial charge in [-0.1, -0.05) is 11.6 Å². The van der Waals surface area contributed by atoms with Gasteiger partial charge in [0.25, 0.3) is 5.91 Å². The number of carbonyl (C=O) groups excluding carboxylic acids is 1. The maximum absolute atomic E-state index is 12.5. The van der Waals surface area contributed by atoms with Crippen LogP contribution in [0.2, 0.25) is 5.15 Å². The van der Waals surface area contributed by atoms with Crippen LogP contribution in [-0.2, 0) is 0 Å². The molecular weight excluding hydrogens is 250 g/mol. The van der Waals surface area contributed by atoms with Gasteiger partial charge in [0, 0.05) is 12.6 Å². The van der Waals surface area contributed by atoms with E-state index in [1.807, 2.05) is 18.7 Å². The number of carbonyl (C=O) groups is 1. The van der Waals surface area contributed by atoms with E-state index in [0.29, 0.717) is 17.2 Å². The van der Waals surface area contributed by atoms with Gasteiger partial charge in [-0.3, -0.25) is 4.79 Å². The third-order valence-electron chi connectivity index (χ3n) is 3.13. The Bertz CT molecular complexity index is 458. The predicted molar refractivity (Wildman–Crippen MR) is 72.6 cm³/mol. The van der Waals surface area contributed by atoms with Crippen molar-refractivity contribution in [1.29, 1.82) is 0 Å². The number of nitrogens with zero attached hydrogens (tertiary/aromatic N) is 2. The molecule has 2 N–H and O–H groups in total. The molecule has 1 aromatic rings. The summed E-state index contributed by atoms with van der Waals surface area (Å²) in [5.41, 5.74) is 6.51. The third kappa shape index (κ3) is 2.93. The lowest BCUT2D eigenvalue weighted by Gasteiger charge is -2.27. The normalized spacial score (nSPS) is 14.9. The van der Waals surface area contributed by atoms with E-state index in [1.165, 1.54) is 19.0 Å². The first-order valence-corrected chi connectivity index (χ1v) is 6.59. The van der Waals surface area contributed by atoms with E-state index >= 15 is 0 Å². The van der Waals surface area contributed by atoms with Crippen LogP contribution in [0.4, 0.5) is 5.69 Å². The molecule has 1 aliphatic carbocycles. The number of amides is 1. The number of hydrogen-bond acceptors (Lipinski definition) is 3. The van der Waals surface area contributed by atoms with E-state index in [-0.39, 0.29) is 17.1 Å². The summed E-state index contributed by atoms with van der Waals surface area (Å²) in [6.07, 6.45) is 3.87. The van der Waals surface area contributed by atoms with Gasteiger partial charge in [-0.05, 0) is 38.7 Å². The molecule has 5 heteroatoms. The summed E-state index contributed by atoms with van der Waals surface area (Å²) in [7, 11) is 0. The monoisotopic (exact) mass is 267 g/mol. The Morgan fingerprint density at radius 3 is 2.83 bits per heavy atom. The van der Waals surface area contributed by atoms with Crippen LogP contribution in [0.5, 0.6) is 0 Å². The van der Waals surface area contributed by atoms with Crippen LogP contribution in [0.3, 0.4) is 0 Å². The second kappa shape index (κ2) is 5.14. The van der Waals surface area contributed by atoms with Gasteiger partial charge in [0.15, 0.2) is 0 Å². The highest BCUT2D eigenvalue weighted by Gasteiger charge is 2.29. The molecule has 98 valence electrons. The van der Waals surface area contributed by atoms with Crippen molar-refractivity contribution in [3.05, 3.63) is 23.0 Å². The molecule has 0 spiro atoms. The lowest BCUT2D eigenvalue weighted by Crippen LogP contribution is -2.38. The van der Waals surface area contributed by atoms with E-state index in [1.54, 1.807) is 6.07 Å². The van der Waals surface area contributed by atoms with Crippen LogP contribution < -0.4 is 5.73 Å². The highest BCUT2D eigenvalue weighted by atomic mass is 35.5. The molecule has 18 heavy (non-hydrogen) atoms. The summed E-state index contributed by atoms with van der Waals surface area (Å²) in [4.78, 5) is 18.2. The Balaban J connectivity index is 2.23. The Morgan fingerprint density at radius 1 is 1.61 bits per heavy atom. The largest absolute Gasteiger partial charge is 0.397 e. The summed E-state index contributed by atoms with van der Waals surface area (Å²) >= 11 is 5.98. The number of nitrogens with two attached hydrogens (primary N) is 1. The van der Waals surface area contributed by atoms with E-state index in [2.05, 4.69) is 4.98 Å². The Hall–Kier alpha value is -1.29. The number of rotatable bonds is 4. The summed E-state index contributed by atoms with van der Waals surface area (Å²) in [6.45, 7) is 4.81. The standard InChI is InChI=1S/C13H18ClN3O/c1-8(2)17(7-9-3-4-9)13(18)11-5-10(15)6-16-12(11)14/h5-6,8-9H,3-4,7,15H2,1-2H3. The van der Waals surface area contributed by atoms with Gasteiger partial charge in [0.05, 0.1) is 17.4 Å². The van der Waals surface area contributed by atoms with Gasteiger partial charge in [0.1, 0.15) is 5.15 Å². The second-order valence-corrected chi connectivity index (χ2v) is 5.46. The number of hydrogen-bond donors (Lipinski definition) is 1. The van der Waals surface area contributed by atoms with Crippen molar-refractivity contribution in [2.45, 2.75) is 32.7 Å². The SMILES string of the molecule is CC(C)N(CC1CC1)C(=O)c1cc(N)cnc1Cl.